The van der Waals surface area contributed by atoms with Crippen LogP contribution in [0.15, 0.2) is 18.2 Å². The first-order chi connectivity index (χ1) is 9.54. The minimum Gasteiger partial charge on any atom is -0.496 e. The molecule has 0 aliphatic heterocycles. The molecule has 2 atom stereocenters. The monoisotopic (exact) mass is 283 g/mol. The first-order valence-electron chi connectivity index (χ1n) is 7.14. The summed E-state index contributed by atoms with van der Waals surface area (Å²) in [5.41, 5.74) is 0.807. The number of hydrogen-bond donors (Lipinski definition) is 1. The third-order valence-electron chi connectivity index (χ3n) is 3.40. The lowest BCUT2D eigenvalue weighted by molar-refractivity contribution is 0.0319. The normalized spacial score (nSPS) is 14.3. The van der Waals surface area contributed by atoms with E-state index in [1.165, 1.54) is 12.1 Å². The van der Waals surface area contributed by atoms with Crippen LogP contribution in [0.25, 0.3) is 0 Å². The highest BCUT2D eigenvalue weighted by Crippen LogP contribution is 2.31. The van der Waals surface area contributed by atoms with Crippen molar-refractivity contribution in [3.8, 4) is 5.75 Å². The maximum Gasteiger partial charge on any atom is 0.123 e. The Bertz CT molecular complexity index is 409. The first-order valence-corrected chi connectivity index (χ1v) is 7.14. The molecule has 20 heavy (non-hydrogen) atoms. The number of hydrogen-bond acceptors (Lipinski definition) is 3. The van der Waals surface area contributed by atoms with Gasteiger partial charge >= 0.3 is 0 Å². The van der Waals surface area contributed by atoms with Crippen LogP contribution in [0.4, 0.5) is 4.39 Å². The molecular weight excluding hydrogens is 257 g/mol. The van der Waals surface area contributed by atoms with Gasteiger partial charge in [-0.15, -0.1) is 0 Å². The van der Waals surface area contributed by atoms with Gasteiger partial charge in [-0.25, -0.2) is 4.39 Å². The van der Waals surface area contributed by atoms with E-state index in [0.29, 0.717) is 11.7 Å². The summed E-state index contributed by atoms with van der Waals surface area (Å²) in [5.74, 6) is 0.729. The number of ether oxygens (including phenoxy) is 2. The standard InChI is InChI=1S/C16H26FNO2/c1-6-9-18-15(16(20-5)11(2)3)13-10-12(17)7-8-14(13)19-4/h7-8,10-11,15-16,18H,6,9H2,1-5H3. The third-order valence-corrected chi connectivity index (χ3v) is 3.40. The first kappa shape index (κ1) is 16.9. The zero-order valence-electron chi connectivity index (χ0n) is 13.1. The van der Waals surface area contributed by atoms with E-state index in [1.54, 1.807) is 20.3 Å². The fourth-order valence-corrected chi connectivity index (χ4v) is 2.44. The van der Waals surface area contributed by atoms with Crippen molar-refractivity contribution in [3.63, 3.8) is 0 Å². The van der Waals surface area contributed by atoms with E-state index in [2.05, 4.69) is 26.1 Å². The molecule has 0 aliphatic rings. The molecule has 114 valence electrons. The van der Waals surface area contributed by atoms with Crippen molar-refractivity contribution in [2.75, 3.05) is 20.8 Å². The predicted molar refractivity (Wildman–Crippen MR) is 79.6 cm³/mol. The second kappa shape index (κ2) is 8.22. The molecule has 2 unspecified atom stereocenters. The largest absolute Gasteiger partial charge is 0.496 e. The molecule has 0 fully saturated rings. The SMILES string of the molecule is CCCNC(c1cc(F)ccc1OC)C(OC)C(C)C. The molecule has 0 bridgehead atoms. The summed E-state index contributed by atoms with van der Waals surface area (Å²) in [6.07, 6.45) is 0.958. The van der Waals surface area contributed by atoms with Gasteiger partial charge in [0.05, 0.1) is 19.3 Å². The molecule has 0 spiro atoms. The molecule has 3 nitrogen and oxygen atoms in total. The van der Waals surface area contributed by atoms with E-state index in [1.807, 2.05) is 0 Å². The van der Waals surface area contributed by atoms with Gasteiger partial charge in [-0.05, 0) is 37.1 Å². The average Bonchev–Trinajstić information content (AvgIpc) is 2.42. The van der Waals surface area contributed by atoms with Gasteiger partial charge in [-0.2, -0.15) is 0 Å². The quantitative estimate of drug-likeness (QED) is 0.791. The van der Waals surface area contributed by atoms with Crippen LogP contribution in [0.5, 0.6) is 5.75 Å². The van der Waals surface area contributed by atoms with Gasteiger partial charge in [-0.3, -0.25) is 0 Å². The summed E-state index contributed by atoms with van der Waals surface area (Å²) in [6, 6.07) is 4.51. The molecule has 0 heterocycles. The number of rotatable bonds is 8. The zero-order chi connectivity index (χ0) is 15.1. The fraction of sp³-hybridized carbons (Fsp3) is 0.625. The Labute approximate surface area is 121 Å². The van der Waals surface area contributed by atoms with Crippen LogP contribution >= 0.6 is 0 Å². The van der Waals surface area contributed by atoms with Crippen molar-refractivity contribution in [2.45, 2.75) is 39.3 Å². The Hall–Kier alpha value is -1.13. The van der Waals surface area contributed by atoms with Gasteiger partial charge in [0.2, 0.25) is 0 Å². The molecule has 1 aromatic carbocycles. The second-order valence-electron chi connectivity index (χ2n) is 5.26. The molecule has 1 rings (SSSR count). The summed E-state index contributed by atoms with van der Waals surface area (Å²) < 4.78 is 24.6. The topological polar surface area (TPSA) is 30.5 Å². The van der Waals surface area contributed by atoms with Crippen LogP contribution in [-0.4, -0.2) is 26.9 Å². The third kappa shape index (κ3) is 4.18. The Morgan fingerprint density at radius 2 is 1.95 bits per heavy atom. The van der Waals surface area contributed by atoms with Gasteiger partial charge in [0.25, 0.3) is 0 Å². The lowest BCUT2D eigenvalue weighted by Crippen LogP contribution is -2.37. The molecule has 1 aromatic rings. The van der Waals surface area contributed by atoms with E-state index in [4.69, 9.17) is 9.47 Å². The summed E-state index contributed by atoms with van der Waals surface area (Å²) in [6.45, 7) is 7.14. The Kier molecular flexibility index (Phi) is 6.96. The van der Waals surface area contributed by atoms with Crippen molar-refractivity contribution in [2.24, 2.45) is 5.92 Å². The summed E-state index contributed by atoms with van der Waals surface area (Å²) in [4.78, 5) is 0. The van der Waals surface area contributed by atoms with Crippen LogP contribution in [0.3, 0.4) is 0 Å². The number of methoxy groups -OCH3 is 2. The average molecular weight is 283 g/mol. The second-order valence-corrected chi connectivity index (χ2v) is 5.26. The van der Waals surface area contributed by atoms with Gasteiger partial charge < -0.3 is 14.8 Å². The van der Waals surface area contributed by atoms with Gasteiger partial charge in [0, 0.05) is 12.7 Å². The van der Waals surface area contributed by atoms with Gasteiger partial charge in [0.15, 0.2) is 0 Å². The van der Waals surface area contributed by atoms with Crippen molar-refractivity contribution < 1.29 is 13.9 Å². The smallest absolute Gasteiger partial charge is 0.123 e. The Morgan fingerprint density at radius 3 is 2.45 bits per heavy atom. The van der Waals surface area contributed by atoms with Crippen LogP contribution in [0, 0.1) is 11.7 Å². The minimum absolute atomic E-state index is 0.0442. The molecule has 1 N–H and O–H groups in total. The maximum atomic E-state index is 13.6. The van der Waals surface area contributed by atoms with Crippen molar-refractivity contribution in [1.82, 2.24) is 5.32 Å². The zero-order valence-corrected chi connectivity index (χ0v) is 13.1. The minimum atomic E-state index is -0.261. The van der Waals surface area contributed by atoms with Gasteiger partial charge in [-0.1, -0.05) is 20.8 Å². The Balaban J connectivity index is 3.18. The number of benzene rings is 1. The lowest BCUT2D eigenvalue weighted by atomic mass is 9.92. The molecule has 0 saturated heterocycles. The summed E-state index contributed by atoms with van der Waals surface area (Å²) in [5, 5.41) is 3.45. The molecular formula is C16H26FNO2. The molecule has 0 aromatic heterocycles. The molecule has 0 saturated carbocycles. The fourth-order valence-electron chi connectivity index (χ4n) is 2.44. The van der Waals surface area contributed by atoms with Crippen molar-refractivity contribution in [3.05, 3.63) is 29.6 Å². The van der Waals surface area contributed by atoms with Crippen molar-refractivity contribution in [1.29, 1.82) is 0 Å². The molecule has 4 heteroatoms. The van der Waals surface area contributed by atoms with E-state index in [-0.39, 0.29) is 18.0 Å². The summed E-state index contributed by atoms with van der Waals surface area (Å²) in [7, 11) is 3.29. The van der Waals surface area contributed by atoms with E-state index in [9.17, 15) is 4.39 Å². The lowest BCUT2D eigenvalue weighted by Gasteiger charge is -2.31. The molecule has 0 aliphatic carbocycles. The highest BCUT2D eigenvalue weighted by Gasteiger charge is 2.28. The summed E-state index contributed by atoms with van der Waals surface area (Å²) >= 11 is 0. The van der Waals surface area contributed by atoms with Crippen LogP contribution in [0.2, 0.25) is 0 Å². The number of halogens is 1. The predicted octanol–water partition coefficient (Wildman–Crippen LogP) is 3.55. The Morgan fingerprint density at radius 1 is 1.25 bits per heavy atom. The van der Waals surface area contributed by atoms with Gasteiger partial charge in [0.1, 0.15) is 11.6 Å². The van der Waals surface area contributed by atoms with E-state index < -0.39 is 0 Å². The maximum absolute atomic E-state index is 13.6. The van der Waals surface area contributed by atoms with E-state index in [0.717, 1.165) is 18.5 Å². The highest BCUT2D eigenvalue weighted by molar-refractivity contribution is 5.37. The number of nitrogens with one attached hydrogen (secondary N) is 1. The van der Waals surface area contributed by atoms with Crippen LogP contribution < -0.4 is 10.1 Å². The van der Waals surface area contributed by atoms with Crippen LogP contribution in [-0.2, 0) is 4.74 Å². The van der Waals surface area contributed by atoms with Crippen LogP contribution in [0.1, 0.15) is 38.8 Å². The van der Waals surface area contributed by atoms with Crippen molar-refractivity contribution >= 4 is 0 Å². The highest BCUT2D eigenvalue weighted by atomic mass is 19.1. The molecule has 0 radical (unpaired) electrons. The van der Waals surface area contributed by atoms with E-state index >= 15 is 0 Å². The molecule has 0 amide bonds.